The van der Waals surface area contributed by atoms with Gasteiger partial charge in [-0.2, -0.15) is 0 Å². The van der Waals surface area contributed by atoms with Gasteiger partial charge in [0.15, 0.2) is 0 Å². The molecular formula is C22H31NO3. The fraction of sp³-hybridized carbons (Fsp3) is 0.864. The number of hydrogen-bond donors (Lipinski definition) is 2. The summed E-state index contributed by atoms with van der Waals surface area (Å²) in [5, 5.41) is 22.8. The zero-order valence-electron chi connectivity index (χ0n) is 15.9. The third kappa shape index (κ3) is 1.33. The number of nitrogens with zero attached hydrogens (tertiary/aromatic N) is 1. The molecule has 2 N–H and O–H groups in total. The van der Waals surface area contributed by atoms with E-state index in [0.717, 1.165) is 44.3 Å². The Kier molecular flexibility index (Phi) is 2.80. The van der Waals surface area contributed by atoms with E-state index >= 15 is 0 Å². The fourth-order valence-electron chi connectivity index (χ4n) is 9.75. The zero-order chi connectivity index (χ0) is 18.2. The first-order chi connectivity index (χ1) is 12.3. The molecule has 6 fully saturated rings. The maximum atomic E-state index is 13.0. The molecule has 2 spiro atoms. The Labute approximate surface area is 155 Å². The van der Waals surface area contributed by atoms with Crippen molar-refractivity contribution in [3.63, 3.8) is 0 Å². The highest BCUT2D eigenvalue weighted by Crippen LogP contribution is 2.83. The van der Waals surface area contributed by atoms with E-state index in [0.29, 0.717) is 24.3 Å². The van der Waals surface area contributed by atoms with Crippen molar-refractivity contribution in [3.05, 3.63) is 12.2 Å². The number of fused-ring (bicyclic) bond motifs is 1. The summed E-state index contributed by atoms with van der Waals surface area (Å²) in [6.07, 6.45) is 3.50. The van der Waals surface area contributed by atoms with Gasteiger partial charge in [-0.1, -0.05) is 20.4 Å². The van der Waals surface area contributed by atoms with Gasteiger partial charge in [-0.3, -0.25) is 9.69 Å². The monoisotopic (exact) mass is 357 g/mol. The average molecular weight is 357 g/mol. The molecule has 5 aliphatic carbocycles. The molecule has 5 saturated carbocycles. The molecule has 5 unspecified atom stereocenters. The minimum absolute atomic E-state index is 0.130. The van der Waals surface area contributed by atoms with Crippen molar-refractivity contribution in [2.75, 3.05) is 13.1 Å². The third-order valence-electron chi connectivity index (χ3n) is 10.4. The summed E-state index contributed by atoms with van der Waals surface area (Å²) in [5.41, 5.74) is 0.598. The second-order valence-corrected chi connectivity index (χ2v) is 10.7. The minimum Gasteiger partial charge on any atom is -0.392 e. The summed E-state index contributed by atoms with van der Waals surface area (Å²) in [6, 6.07) is 0.331. The van der Waals surface area contributed by atoms with Crippen LogP contribution in [0.25, 0.3) is 0 Å². The van der Waals surface area contributed by atoms with E-state index in [1.807, 2.05) is 0 Å². The molecule has 10 atom stereocenters. The van der Waals surface area contributed by atoms with Crippen LogP contribution in [-0.4, -0.2) is 52.2 Å². The molecule has 0 aromatic rings. The Bertz CT molecular complexity index is 735. The second-order valence-electron chi connectivity index (χ2n) is 10.7. The van der Waals surface area contributed by atoms with Crippen LogP contribution < -0.4 is 0 Å². The topological polar surface area (TPSA) is 60.8 Å². The number of likely N-dealkylation sites (tertiary alicyclic amines) is 1. The summed E-state index contributed by atoms with van der Waals surface area (Å²) in [7, 11) is 0. The third-order valence-corrected chi connectivity index (χ3v) is 10.4. The van der Waals surface area contributed by atoms with E-state index in [-0.39, 0.29) is 40.0 Å². The van der Waals surface area contributed by atoms with Gasteiger partial charge in [0.2, 0.25) is 0 Å². The number of carbonyl (C=O) groups excluding carboxylic acids is 1. The number of aliphatic hydroxyl groups excluding tert-OH is 2. The van der Waals surface area contributed by atoms with E-state index in [4.69, 9.17) is 0 Å². The summed E-state index contributed by atoms with van der Waals surface area (Å²) in [4.78, 5) is 15.6. The van der Waals surface area contributed by atoms with Crippen molar-refractivity contribution in [1.29, 1.82) is 0 Å². The van der Waals surface area contributed by atoms with Crippen molar-refractivity contribution in [1.82, 2.24) is 4.90 Å². The first-order valence-corrected chi connectivity index (χ1v) is 10.6. The first kappa shape index (κ1) is 16.3. The van der Waals surface area contributed by atoms with Crippen LogP contribution in [-0.2, 0) is 4.79 Å². The standard InChI is InChI=1S/C22H31NO3/c1-4-23-10-20(3)6-5-17(25)22-15(20)7-13(18(22)23)21-9-12(11(2)19(21)26)14(24)8-16(21)22/h12-13,15-19,25-26H,2,4-10H2,1,3H3/t12?,13?,15?,16?,17-,18?,19+,20-,21-,22-/m0/s1. The molecule has 0 radical (unpaired) electrons. The average Bonchev–Trinajstić information content (AvgIpc) is 3.14. The van der Waals surface area contributed by atoms with Crippen molar-refractivity contribution >= 4 is 5.78 Å². The number of hydrogen-bond acceptors (Lipinski definition) is 4. The number of aliphatic hydroxyl groups is 2. The number of carbonyl (C=O) groups is 1. The largest absolute Gasteiger partial charge is 0.392 e. The SMILES string of the molecule is C=C1C2C[C@@]3(C4CC5[C@@]6(C)CC[C@H](O)[C@@]5(C4N(CC)C6)C3CC2=O)[C@@H]1O. The number of piperidine rings is 1. The maximum absolute atomic E-state index is 13.0. The molecule has 4 heteroatoms. The quantitative estimate of drug-likeness (QED) is 0.705. The van der Waals surface area contributed by atoms with Crippen molar-refractivity contribution in [2.24, 2.45) is 39.9 Å². The Hall–Kier alpha value is -0.710. The molecule has 0 amide bonds. The summed E-state index contributed by atoms with van der Waals surface area (Å²) >= 11 is 0. The van der Waals surface area contributed by atoms with E-state index in [9.17, 15) is 15.0 Å². The highest BCUT2D eigenvalue weighted by molar-refractivity contribution is 5.87. The smallest absolute Gasteiger partial charge is 0.140 e. The van der Waals surface area contributed by atoms with E-state index in [1.165, 1.54) is 0 Å². The molecule has 26 heavy (non-hydrogen) atoms. The van der Waals surface area contributed by atoms with Gasteiger partial charge in [0.1, 0.15) is 5.78 Å². The van der Waals surface area contributed by atoms with Gasteiger partial charge >= 0.3 is 0 Å². The Morgan fingerprint density at radius 1 is 1.31 bits per heavy atom. The highest BCUT2D eigenvalue weighted by Gasteiger charge is 2.85. The van der Waals surface area contributed by atoms with E-state index in [2.05, 4.69) is 25.3 Å². The van der Waals surface area contributed by atoms with Gasteiger partial charge < -0.3 is 10.2 Å². The van der Waals surface area contributed by atoms with Crippen LogP contribution in [0, 0.1) is 39.9 Å². The molecule has 0 aromatic carbocycles. The molecule has 142 valence electrons. The second kappa shape index (κ2) is 4.47. The van der Waals surface area contributed by atoms with Crippen LogP contribution in [0.2, 0.25) is 0 Å². The predicted octanol–water partition coefficient (Wildman–Crippen LogP) is 2.00. The lowest BCUT2D eigenvalue weighted by atomic mass is 9.43. The number of Topliss-reactive ketones (excluding diaryl/α,β-unsaturated/α-hetero) is 1. The van der Waals surface area contributed by atoms with Gasteiger partial charge in [-0.15, -0.1) is 0 Å². The number of rotatable bonds is 1. The van der Waals surface area contributed by atoms with Crippen molar-refractivity contribution in [3.8, 4) is 0 Å². The summed E-state index contributed by atoms with van der Waals surface area (Å²) in [5.74, 6) is 1.16. The van der Waals surface area contributed by atoms with Gasteiger partial charge in [0.05, 0.1) is 12.2 Å². The molecule has 1 heterocycles. The summed E-state index contributed by atoms with van der Waals surface area (Å²) < 4.78 is 0. The fourth-order valence-corrected chi connectivity index (χ4v) is 9.75. The van der Waals surface area contributed by atoms with Crippen molar-refractivity contribution < 1.29 is 15.0 Å². The lowest BCUT2D eigenvalue weighted by molar-refractivity contribution is -0.211. The lowest BCUT2D eigenvalue weighted by Crippen LogP contribution is -2.68. The Morgan fingerprint density at radius 3 is 2.81 bits per heavy atom. The number of ketones is 1. The molecule has 1 saturated heterocycles. The van der Waals surface area contributed by atoms with E-state index in [1.54, 1.807) is 0 Å². The zero-order valence-corrected chi connectivity index (χ0v) is 15.9. The van der Waals surface area contributed by atoms with Crippen LogP contribution in [0.3, 0.4) is 0 Å². The lowest BCUT2D eigenvalue weighted by Gasteiger charge is -2.65. The van der Waals surface area contributed by atoms with Gasteiger partial charge in [0, 0.05) is 35.8 Å². The molecule has 6 aliphatic rings. The van der Waals surface area contributed by atoms with E-state index < -0.39 is 6.10 Å². The van der Waals surface area contributed by atoms with Crippen LogP contribution in [0.15, 0.2) is 12.2 Å². The van der Waals surface area contributed by atoms with Crippen molar-refractivity contribution in [2.45, 2.75) is 64.2 Å². The molecule has 1 aliphatic heterocycles. The molecule has 6 rings (SSSR count). The molecule has 4 nitrogen and oxygen atoms in total. The minimum atomic E-state index is -0.561. The Morgan fingerprint density at radius 2 is 2.08 bits per heavy atom. The highest BCUT2D eigenvalue weighted by atomic mass is 16.3. The van der Waals surface area contributed by atoms with Crippen LogP contribution in [0.5, 0.6) is 0 Å². The maximum Gasteiger partial charge on any atom is 0.140 e. The van der Waals surface area contributed by atoms with Crippen LogP contribution in [0.1, 0.15) is 46.0 Å². The summed E-state index contributed by atoms with van der Waals surface area (Å²) in [6.45, 7) is 10.9. The first-order valence-electron chi connectivity index (χ1n) is 10.6. The molecule has 7 bridgehead atoms. The molecule has 0 aromatic heterocycles. The van der Waals surface area contributed by atoms with Gasteiger partial charge in [-0.25, -0.2) is 0 Å². The van der Waals surface area contributed by atoms with Crippen LogP contribution in [0.4, 0.5) is 0 Å². The predicted molar refractivity (Wildman–Crippen MR) is 97.2 cm³/mol. The van der Waals surface area contributed by atoms with Gasteiger partial charge in [0.25, 0.3) is 0 Å². The van der Waals surface area contributed by atoms with Gasteiger partial charge in [-0.05, 0) is 61.0 Å². The Balaban J connectivity index is 1.62. The van der Waals surface area contributed by atoms with Crippen LogP contribution >= 0.6 is 0 Å². The molecular weight excluding hydrogens is 326 g/mol. The normalized spacial score (nSPS) is 62.7.